The zero-order chi connectivity index (χ0) is 24.2. The highest BCUT2D eigenvalue weighted by Crippen LogP contribution is 2.13. The molecule has 0 fully saturated rings. The predicted molar refractivity (Wildman–Crippen MR) is 139 cm³/mol. The van der Waals surface area contributed by atoms with E-state index >= 15 is 0 Å². The first-order valence-electron chi connectivity index (χ1n) is 14.5. The van der Waals surface area contributed by atoms with Gasteiger partial charge in [-0.25, -0.2) is 0 Å². The average molecular weight is 469 g/mol. The second-order valence-electron chi connectivity index (χ2n) is 9.66. The lowest BCUT2D eigenvalue weighted by molar-refractivity contribution is -0.146. The molecule has 0 rings (SSSR count). The molecule has 0 N–H and O–H groups in total. The van der Waals surface area contributed by atoms with Crippen molar-refractivity contribution in [3.63, 3.8) is 0 Å². The number of hydrogen-bond acceptors (Lipinski definition) is 4. The number of carbonyl (C=O) groups is 2. The molecule has 196 valence electrons. The number of esters is 2. The molecule has 4 nitrogen and oxygen atoms in total. The molecule has 4 heteroatoms. The molecule has 0 atom stereocenters. The summed E-state index contributed by atoms with van der Waals surface area (Å²) in [5.74, 6) is -0.265. The Morgan fingerprint density at radius 1 is 0.394 bits per heavy atom. The molecule has 0 heterocycles. The van der Waals surface area contributed by atoms with Crippen molar-refractivity contribution in [2.45, 2.75) is 162 Å². The van der Waals surface area contributed by atoms with E-state index in [0.717, 1.165) is 25.7 Å². The standard InChI is InChI=1S/C29H56O4/c1-3-5-7-9-11-12-13-14-15-16-17-19-23-27-33-29(31)25-21-20-24-28(30)32-26-22-18-10-8-6-4-2/h3-27H2,1-2H3. The summed E-state index contributed by atoms with van der Waals surface area (Å²) in [4.78, 5) is 23.5. The molecule has 0 aromatic heterocycles. The van der Waals surface area contributed by atoms with Crippen LogP contribution in [0.5, 0.6) is 0 Å². The van der Waals surface area contributed by atoms with Gasteiger partial charge in [0.05, 0.1) is 13.2 Å². The second-order valence-corrected chi connectivity index (χ2v) is 9.66. The quantitative estimate of drug-likeness (QED) is 0.0938. The van der Waals surface area contributed by atoms with Crippen molar-refractivity contribution in [2.75, 3.05) is 13.2 Å². The molecule has 0 aromatic rings. The Morgan fingerprint density at radius 2 is 0.667 bits per heavy atom. The van der Waals surface area contributed by atoms with Crippen LogP contribution in [0, 0.1) is 0 Å². The first-order valence-corrected chi connectivity index (χ1v) is 14.5. The van der Waals surface area contributed by atoms with E-state index in [1.807, 2.05) is 0 Å². The van der Waals surface area contributed by atoms with E-state index in [1.165, 1.54) is 96.3 Å². The van der Waals surface area contributed by atoms with Gasteiger partial charge >= 0.3 is 11.9 Å². The fraction of sp³-hybridized carbons (Fsp3) is 0.931. The Morgan fingerprint density at radius 3 is 0.970 bits per heavy atom. The third-order valence-electron chi connectivity index (χ3n) is 6.28. The van der Waals surface area contributed by atoms with Crippen LogP contribution >= 0.6 is 0 Å². The maximum Gasteiger partial charge on any atom is 0.305 e. The van der Waals surface area contributed by atoms with Gasteiger partial charge in [0.2, 0.25) is 0 Å². The monoisotopic (exact) mass is 468 g/mol. The predicted octanol–water partition coefficient (Wildman–Crippen LogP) is 9.08. The number of carbonyl (C=O) groups excluding carboxylic acids is 2. The van der Waals surface area contributed by atoms with Crippen molar-refractivity contribution in [3.05, 3.63) is 0 Å². The lowest BCUT2D eigenvalue weighted by atomic mass is 10.0. The summed E-state index contributed by atoms with van der Waals surface area (Å²) in [7, 11) is 0. The van der Waals surface area contributed by atoms with E-state index in [9.17, 15) is 9.59 Å². The minimum absolute atomic E-state index is 0.130. The fourth-order valence-corrected chi connectivity index (χ4v) is 4.06. The molecule has 0 radical (unpaired) electrons. The maximum atomic E-state index is 11.8. The van der Waals surface area contributed by atoms with Crippen LogP contribution in [0.15, 0.2) is 0 Å². The molecule has 0 bridgehead atoms. The summed E-state index contributed by atoms with van der Waals surface area (Å²) in [6.07, 6.45) is 26.5. The summed E-state index contributed by atoms with van der Waals surface area (Å²) >= 11 is 0. The molecular weight excluding hydrogens is 412 g/mol. The van der Waals surface area contributed by atoms with Gasteiger partial charge in [0.1, 0.15) is 0 Å². The van der Waals surface area contributed by atoms with Gasteiger partial charge in [-0.05, 0) is 25.7 Å². The van der Waals surface area contributed by atoms with Gasteiger partial charge < -0.3 is 9.47 Å². The van der Waals surface area contributed by atoms with Crippen molar-refractivity contribution in [1.82, 2.24) is 0 Å². The molecule has 0 aliphatic rings. The number of unbranched alkanes of at least 4 members (excludes halogenated alkanes) is 18. The van der Waals surface area contributed by atoms with E-state index in [1.54, 1.807) is 0 Å². The van der Waals surface area contributed by atoms with Crippen molar-refractivity contribution >= 4 is 11.9 Å². The van der Waals surface area contributed by atoms with Gasteiger partial charge in [-0.2, -0.15) is 0 Å². The van der Waals surface area contributed by atoms with Crippen LogP contribution in [0.1, 0.15) is 162 Å². The van der Waals surface area contributed by atoms with Crippen LogP contribution in [-0.2, 0) is 19.1 Å². The smallest absolute Gasteiger partial charge is 0.305 e. The van der Waals surface area contributed by atoms with Crippen LogP contribution < -0.4 is 0 Å². The number of hydrogen-bond donors (Lipinski definition) is 0. The Balaban J connectivity index is 3.26. The summed E-state index contributed by atoms with van der Waals surface area (Å²) in [6, 6.07) is 0. The fourth-order valence-electron chi connectivity index (χ4n) is 4.06. The van der Waals surface area contributed by atoms with Crippen molar-refractivity contribution in [1.29, 1.82) is 0 Å². The largest absolute Gasteiger partial charge is 0.466 e. The first-order chi connectivity index (χ1) is 16.2. The lowest BCUT2D eigenvalue weighted by Gasteiger charge is -2.06. The Kier molecular flexibility index (Phi) is 26.3. The number of rotatable bonds is 26. The van der Waals surface area contributed by atoms with Gasteiger partial charge in [0, 0.05) is 12.8 Å². The molecule has 0 saturated carbocycles. The Bertz CT molecular complexity index is 422. The Hall–Kier alpha value is -1.06. The molecule has 0 amide bonds. The first kappa shape index (κ1) is 31.9. The van der Waals surface area contributed by atoms with Gasteiger partial charge in [0.15, 0.2) is 0 Å². The molecule has 33 heavy (non-hydrogen) atoms. The molecule has 0 aliphatic heterocycles. The zero-order valence-corrected chi connectivity index (χ0v) is 22.3. The molecule has 0 saturated heterocycles. The van der Waals surface area contributed by atoms with Crippen LogP contribution in [0.25, 0.3) is 0 Å². The summed E-state index contributed by atoms with van der Waals surface area (Å²) < 4.78 is 10.6. The van der Waals surface area contributed by atoms with Gasteiger partial charge in [0.25, 0.3) is 0 Å². The van der Waals surface area contributed by atoms with E-state index in [2.05, 4.69) is 13.8 Å². The van der Waals surface area contributed by atoms with Gasteiger partial charge in [-0.1, -0.05) is 123 Å². The third kappa shape index (κ3) is 27.1. The average Bonchev–Trinajstić information content (AvgIpc) is 2.81. The van der Waals surface area contributed by atoms with Crippen LogP contribution in [0.4, 0.5) is 0 Å². The molecule has 0 aromatic carbocycles. The minimum atomic E-state index is -0.135. The SMILES string of the molecule is CCCCCCCCCCCCCCCOC(=O)CCCCC(=O)OCCCCCCCC. The van der Waals surface area contributed by atoms with Crippen LogP contribution in [-0.4, -0.2) is 25.2 Å². The highest BCUT2D eigenvalue weighted by Gasteiger charge is 2.06. The van der Waals surface area contributed by atoms with E-state index in [0.29, 0.717) is 38.9 Å². The summed E-state index contributed by atoms with van der Waals surface area (Å²) in [5.41, 5.74) is 0. The Labute approximate surface area is 206 Å². The number of ether oxygens (including phenoxy) is 2. The van der Waals surface area contributed by atoms with Gasteiger partial charge in [-0.3, -0.25) is 9.59 Å². The lowest BCUT2D eigenvalue weighted by Crippen LogP contribution is -2.08. The normalized spacial score (nSPS) is 11.0. The van der Waals surface area contributed by atoms with Gasteiger partial charge in [-0.15, -0.1) is 0 Å². The summed E-state index contributed by atoms with van der Waals surface area (Å²) in [5, 5.41) is 0. The van der Waals surface area contributed by atoms with Crippen LogP contribution in [0.2, 0.25) is 0 Å². The maximum absolute atomic E-state index is 11.8. The van der Waals surface area contributed by atoms with Crippen molar-refractivity contribution < 1.29 is 19.1 Å². The topological polar surface area (TPSA) is 52.6 Å². The van der Waals surface area contributed by atoms with Crippen molar-refractivity contribution in [3.8, 4) is 0 Å². The molecule has 0 aliphatic carbocycles. The van der Waals surface area contributed by atoms with Crippen molar-refractivity contribution in [2.24, 2.45) is 0 Å². The highest BCUT2D eigenvalue weighted by atomic mass is 16.5. The molecular formula is C29H56O4. The highest BCUT2D eigenvalue weighted by molar-refractivity contribution is 5.70. The van der Waals surface area contributed by atoms with E-state index in [-0.39, 0.29) is 11.9 Å². The molecule has 0 unspecified atom stereocenters. The second kappa shape index (κ2) is 27.2. The summed E-state index contributed by atoms with van der Waals surface area (Å²) in [6.45, 7) is 5.55. The third-order valence-corrected chi connectivity index (χ3v) is 6.28. The van der Waals surface area contributed by atoms with E-state index in [4.69, 9.17) is 9.47 Å². The minimum Gasteiger partial charge on any atom is -0.466 e. The zero-order valence-electron chi connectivity index (χ0n) is 22.3. The molecule has 0 spiro atoms. The van der Waals surface area contributed by atoms with Crippen LogP contribution in [0.3, 0.4) is 0 Å². The van der Waals surface area contributed by atoms with E-state index < -0.39 is 0 Å².